The van der Waals surface area contributed by atoms with Gasteiger partial charge in [0.25, 0.3) is 11.7 Å². The first kappa shape index (κ1) is 17.3. The van der Waals surface area contributed by atoms with Crippen molar-refractivity contribution in [3.05, 3.63) is 65.2 Å². The zero-order valence-corrected chi connectivity index (χ0v) is 12.8. The fourth-order valence-corrected chi connectivity index (χ4v) is 2.43. The number of hydrogen-bond donors (Lipinski definition) is 1. The molecule has 0 aliphatic rings. The molecule has 0 heterocycles. The molecule has 0 saturated carbocycles. The molecule has 1 unspecified atom stereocenters. The molecule has 0 saturated heterocycles. The van der Waals surface area contributed by atoms with Crippen LogP contribution in [-0.4, -0.2) is 11.7 Å². The Balaban J connectivity index is 2.04. The highest BCUT2D eigenvalue weighted by molar-refractivity contribution is 7.99. The molecule has 2 aromatic rings. The lowest BCUT2D eigenvalue weighted by molar-refractivity contribution is 0.0939. The van der Waals surface area contributed by atoms with E-state index in [1.807, 2.05) is 0 Å². The van der Waals surface area contributed by atoms with E-state index in [9.17, 15) is 22.4 Å². The first-order valence-corrected chi connectivity index (χ1v) is 7.55. The number of halogens is 4. The third-order valence-corrected chi connectivity index (χ3v) is 3.86. The Morgan fingerprint density at radius 2 is 1.70 bits per heavy atom. The molecule has 23 heavy (non-hydrogen) atoms. The summed E-state index contributed by atoms with van der Waals surface area (Å²) in [6.45, 7) is 1.63. The van der Waals surface area contributed by atoms with E-state index >= 15 is 0 Å². The van der Waals surface area contributed by atoms with Crippen LogP contribution in [0.4, 0.5) is 17.6 Å². The maximum Gasteiger partial charge on any atom is 0.288 e. The van der Waals surface area contributed by atoms with E-state index in [0.717, 1.165) is 12.1 Å². The molecule has 2 nitrogen and oxygen atoms in total. The molecule has 0 aliphatic heterocycles. The molecule has 122 valence electrons. The van der Waals surface area contributed by atoms with Crippen molar-refractivity contribution in [1.29, 1.82) is 0 Å². The van der Waals surface area contributed by atoms with Crippen LogP contribution in [0.5, 0.6) is 0 Å². The van der Waals surface area contributed by atoms with Gasteiger partial charge in [-0.05, 0) is 48.9 Å². The van der Waals surface area contributed by atoms with Crippen LogP contribution in [0, 0.1) is 11.6 Å². The number of carbonyl (C=O) groups is 1. The van der Waals surface area contributed by atoms with Gasteiger partial charge in [0.1, 0.15) is 0 Å². The lowest BCUT2D eigenvalue weighted by Gasteiger charge is -2.15. The van der Waals surface area contributed by atoms with E-state index < -0.39 is 29.3 Å². The highest BCUT2D eigenvalue weighted by Crippen LogP contribution is 2.25. The second kappa shape index (κ2) is 7.50. The number of amides is 1. The molecular formula is C16H13F4NOS. The fraction of sp³-hybridized carbons (Fsp3) is 0.188. The summed E-state index contributed by atoms with van der Waals surface area (Å²) in [5, 5.41) is 2.64. The highest BCUT2D eigenvalue weighted by Gasteiger charge is 2.14. The van der Waals surface area contributed by atoms with Crippen LogP contribution in [-0.2, 0) is 0 Å². The van der Waals surface area contributed by atoms with Crippen LogP contribution in [0.3, 0.4) is 0 Å². The molecule has 1 N–H and O–H groups in total. The van der Waals surface area contributed by atoms with Crippen molar-refractivity contribution in [3.63, 3.8) is 0 Å². The number of carbonyl (C=O) groups excluding carboxylic acids is 1. The smallest absolute Gasteiger partial charge is 0.288 e. The van der Waals surface area contributed by atoms with Gasteiger partial charge in [-0.2, -0.15) is 8.78 Å². The third-order valence-electron chi connectivity index (χ3n) is 3.13. The molecule has 0 bridgehead atoms. The second-order valence-corrected chi connectivity index (χ2v) is 5.84. The van der Waals surface area contributed by atoms with Gasteiger partial charge in [0.05, 0.1) is 6.04 Å². The Hall–Kier alpha value is -2.02. The summed E-state index contributed by atoms with van der Waals surface area (Å²) >= 11 is 0.390. The van der Waals surface area contributed by atoms with Crippen LogP contribution in [0.2, 0.25) is 0 Å². The number of hydrogen-bond acceptors (Lipinski definition) is 2. The van der Waals surface area contributed by atoms with Gasteiger partial charge in [0.15, 0.2) is 11.6 Å². The van der Waals surface area contributed by atoms with E-state index in [1.165, 1.54) is 30.3 Å². The molecule has 0 radical (unpaired) electrons. The maximum atomic E-state index is 13.2. The normalized spacial score (nSPS) is 12.3. The summed E-state index contributed by atoms with van der Waals surface area (Å²) in [5.41, 5.74) is 0.708. The van der Waals surface area contributed by atoms with Crippen LogP contribution >= 0.6 is 11.8 Å². The van der Waals surface area contributed by atoms with Crippen molar-refractivity contribution in [2.45, 2.75) is 23.6 Å². The van der Waals surface area contributed by atoms with E-state index in [0.29, 0.717) is 22.2 Å². The Bertz CT molecular complexity index is 691. The molecule has 1 atom stereocenters. The van der Waals surface area contributed by atoms with Crippen LogP contribution in [0.15, 0.2) is 47.4 Å². The number of benzene rings is 2. The third kappa shape index (κ3) is 4.72. The minimum absolute atomic E-state index is 0.290. The summed E-state index contributed by atoms with van der Waals surface area (Å²) in [4.78, 5) is 12.4. The first-order valence-electron chi connectivity index (χ1n) is 6.67. The summed E-state index contributed by atoms with van der Waals surface area (Å²) in [6, 6.07) is 8.56. The number of thioether (sulfide) groups is 1. The molecule has 0 aromatic heterocycles. The van der Waals surface area contributed by atoms with Crippen LogP contribution in [0.1, 0.15) is 28.9 Å². The predicted molar refractivity (Wildman–Crippen MR) is 80.5 cm³/mol. The minimum Gasteiger partial charge on any atom is -0.346 e. The predicted octanol–water partition coefficient (Wildman–Crippen LogP) is 4.77. The lowest BCUT2D eigenvalue weighted by atomic mass is 10.1. The van der Waals surface area contributed by atoms with Gasteiger partial charge in [-0.3, -0.25) is 4.79 Å². The van der Waals surface area contributed by atoms with Crippen molar-refractivity contribution in [2.75, 3.05) is 0 Å². The lowest BCUT2D eigenvalue weighted by Crippen LogP contribution is -2.26. The average Bonchev–Trinajstić information content (AvgIpc) is 2.50. The SMILES string of the molecule is CC(NC(=O)c1ccc(SC(F)F)cc1)c1ccc(F)c(F)c1. The van der Waals surface area contributed by atoms with Gasteiger partial charge in [-0.25, -0.2) is 8.78 Å². The quantitative estimate of drug-likeness (QED) is 0.626. The molecule has 2 aromatic carbocycles. The van der Waals surface area contributed by atoms with Crippen molar-refractivity contribution in [2.24, 2.45) is 0 Å². The van der Waals surface area contributed by atoms with Gasteiger partial charge < -0.3 is 5.32 Å². The summed E-state index contributed by atoms with van der Waals surface area (Å²) in [5.74, 6) is -4.91. The molecule has 0 aliphatic carbocycles. The largest absolute Gasteiger partial charge is 0.346 e. The molecule has 0 spiro atoms. The zero-order chi connectivity index (χ0) is 17.0. The topological polar surface area (TPSA) is 29.1 Å². The summed E-state index contributed by atoms with van der Waals surface area (Å²) < 4.78 is 50.6. The number of nitrogens with one attached hydrogen (secondary N) is 1. The number of alkyl halides is 2. The zero-order valence-electron chi connectivity index (χ0n) is 12.0. The summed E-state index contributed by atoms with van der Waals surface area (Å²) in [7, 11) is 0. The van der Waals surface area contributed by atoms with Gasteiger partial charge in [-0.15, -0.1) is 0 Å². The Morgan fingerprint density at radius 1 is 1.04 bits per heavy atom. The molecule has 0 fully saturated rings. The van der Waals surface area contributed by atoms with Crippen molar-refractivity contribution in [3.8, 4) is 0 Å². The van der Waals surface area contributed by atoms with E-state index in [-0.39, 0.29) is 5.56 Å². The molecule has 1 amide bonds. The van der Waals surface area contributed by atoms with Gasteiger partial charge >= 0.3 is 0 Å². The van der Waals surface area contributed by atoms with Crippen molar-refractivity contribution >= 4 is 17.7 Å². The fourth-order valence-electron chi connectivity index (χ4n) is 1.93. The van der Waals surface area contributed by atoms with E-state index in [1.54, 1.807) is 6.92 Å². The highest BCUT2D eigenvalue weighted by atomic mass is 32.2. The van der Waals surface area contributed by atoms with Gasteiger partial charge in [0, 0.05) is 10.5 Å². The Labute approximate surface area is 134 Å². The second-order valence-electron chi connectivity index (χ2n) is 4.77. The van der Waals surface area contributed by atoms with Crippen LogP contribution < -0.4 is 5.32 Å². The molecular weight excluding hydrogens is 330 g/mol. The standard InChI is InChI=1S/C16H13F4NOS/c1-9(11-4-7-13(17)14(18)8-11)21-15(22)10-2-5-12(6-3-10)23-16(19)20/h2-9,16H,1H3,(H,21,22). The van der Waals surface area contributed by atoms with Gasteiger partial charge in [-0.1, -0.05) is 17.8 Å². The van der Waals surface area contributed by atoms with Gasteiger partial charge in [0.2, 0.25) is 0 Å². The van der Waals surface area contributed by atoms with E-state index in [2.05, 4.69) is 5.32 Å². The molecule has 2 rings (SSSR count). The maximum absolute atomic E-state index is 13.2. The average molecular weight is 343 g/mol. The monoisotopic (exact) mass is 343 g/mol. The van der Waals surface area contributed by atoms with E-state index in [4.69, 9.17) is 0 Å². The molecule has 7 heteroatoms. The van der Waals surface area contributed by atoms with Crippen molar-refractivity contribution in [1.82, 2.24) is 5.32 Å². The minimum atomic E-state index is -2.52. The Kier molecular flexibility index (Phi) is 5.65. The van der Waals surface area contributed by atoms with Crippen molar-refractivity contribution < 1.29 is 22.4 Å². The first-order chi connectivity index (χ1) is 10.9. The number of rotatable bonds is 5. The Morgan fingerprint density at radius 3 is 2.26 bits per heavy atom. The summed E-state index contributed by atoms with van der Waals surface area (Å²) in [6.07, 6.45) is 0. The van der Waals surface area contributed by atoms with Crippen LogP contribution in [0.25, 0.3) is 0 Å².